The van der Waals surface area contributed by atoms with Crippen molar-refractivity contribution < 1.29 is 9.53 Å². The number of aryl methyl sites for hydroxylation is 1. The fourth-order valence-corrected chi connectivity index (χ4v) is 4.54. The van der Waals surface area contributed by atoms with Crippen LogP contribution in [0.4, 0.5) is 5.69 Å². The van der Waals surface area contributed by atoms with Crippen LogP contribution in [0, 0.1) is 6.92 Å². The Morgan fingerprint density at radius 3 is 2.88 bits per heavy atom. The molecular formula is C24H26ClN5O2. The molecule has 0 saturated carbocycles. The van der Waals surface area contributed by atoms with Crippen molar-refractivity contribution in [2.45, 2.75) is 13.3 Å². The monoisotopic (exact) mass is 451 g/mol. The third kappa shape index (κ3) is 4.18. The first-order chi connectivity index (χ1) is 15.6. The van der Waals surface area contributed by atoms with Gasteiger partial charge < -0.3 is 25.3 Å². The Balaban J connectivity index is 1.40. The maximum Gasteiger partial charge on any atom is 0.257 e. The number of ether oxygens (including phenoxy) is 1. The van der Waals surface area contributed by atoms with Gasteiger partial charge in [-0.3, -0.25) is 4.79 Å². The van der Waals surface area contributed by atoms with E-state index in [1.807, 2.05) is 18.2 Å². The van der Waals surface area contributed by atoms with Gasteiger partial charge >= 0.3 is 0 Å². The molecular weight excluding hydrogens is 426 g/mol. The van der Waals surface area contributed by atoms with Crippen LogP contribution in [-0.4, -0.2) is 55.3 Å². The normalized spacial score (nSPS) is 16.7. The molecule has 32 heavy (non-hydrogen) atoms. The molecule has 1 saturated heterocycles. The molecule has 1 fully saturated rings. The van der Waals surface area contributed by atoms with Crippen molar-refractivity contribution in [3.63, 3.8) is 0 Å². The number of carbonyl (C=O) groups excluding carboxylic acids is 1. The SMILES string of the molecule is Cc1cc(N2CCOCC2)cc2[nH]c(C3=C(NCCc4cccc(Cl)c4)CNC3=O)nc12. The second kappa shape index (κ2) is 8.84. The number of anilines is 1. The number of carbonyl (C=O) groups is 1. The third-order valence-electron chi connectivity index (χ3n) is 5.97. The lowest BCUT2D eigenvalue weighted by molar-refractivity contribution is -0.114. The van der Waals surface area contributed by atoms with Gasteiger partial charge in [0.1, 0.15) is 11.4 Å². The summed E-state index contributed by atoms with van der Waals surface area (Å²) in [5.41, 5.74) is 6.66. The van der Waals surface area contributed by atoms with Crippen LogP contribution in [0.3, 0.4) is 0 Å². The molecule has 7 nitrogen and oxygen atoms in total. The number of imidazole rings is 1. The summed E-state index contributed by atoms with van der Waals surface area (Å²) in [5, 5.41) is 7.07. The number of fused-ring (bicyclic) bond motifs is 1. The van der Waals surface area contributed by atoms with Gasteiger partial charge in [-0.05, 0) is 48.7 Å². The molecule has 0 spiro atoms. The molecule has 0 atom stereocenters. The minimum absolute atomic E-state index is 0.111. The maximum atomic E-state index is 12.6. The van der Waals surface area contributed by atoms with E-state index in [4.69, 9.17) is 21.3 Å². The van der Waals surface area contributed by atoms with Crippen molar-refractivity contribution >= 4 is 39.8 Å². The smallest absolute Gasteiger partial charge is 0.257 e. The van der Waals surface area contributed by atoms with E-state index >= 15 is 0 Å². The molecule has 8 heteroatoms. The Morgan fingerprint density at radius 1 is 1.22 bits per heavy atom. The van der Waals surface area contributed by atoms with Crippen LogP contribution in [0.2, 0.25) is 5.02 Å². The number of rotatable bonds is 6. The summed E-state index contributed by atoms with van der Waals surface area (Å²) in [7, 11) is 0. The molecule has 2 aromatic carbocycles. The first kappa shape index (κ1) is 20.8. The Morgan fingerprint density at radius 2 is 2.06 bits per heavy atom. The van der Waals surface area contributed by atoms with Crippen LogP contribution in [0.15, 0.2) is 42.1 Å². The predicted octanol–water partition coefficient (Wildman–Crippen LogP) is 3.03. The van der Waals surface area contributed by atoms with Gasteiger partial charge in [-0.2, -0.15) is 0 Å². The van der Waals surface area contributed by atoms with Crippen molar-refractivity contribution in [3.05, 3.63) is 64.1 Å². The highest BCUT2D eigenvalue weighted by Gasteiger charge is 2.27. The highest BCUT2D eigenvalue weighted by molar-refractivity contribution is 6.30. The Kier molecular flexibility index (Phi) is 5.76. The maximum absolute atomic E-state index is 12.6. The van der Waals surface area contributed by atoms with Crippen molar-refractivity contribution in [2.75, 3.05) is 44.3 Å². The zero-order valence-corrected chi connectivity index (χ0v) is 18.8. The molecule has 3 heterocycles. The van der Waals surface area contributed by atoms with Crippen LogP contribution in [0.5, 0.6) is 0 Å². The molecule has 166 valence electrons. The average Bonchev–Trinajstić information content (AvgIpc) is 3.38. The summed E-state index contributed by atoms with van der Waals surface area (Å²) in [6.07, 6.45) is 0.813. The van der Waals surface area contributed by atoms with Crippen LogP contribution in [0.1, 0.15) is 17.0 Å². The zero-order valence-electron chi connectivity index (χ0n) is 18.0. The highest BCUT2D eigenvalue weighted by Crippen LogP contribution is 2.28. The number of halogens is 1. The lowest BCUT2D eigenvalue weighted by Gasteiger charge is -2.29. The quantitative estimate of drug-likeness (QED) is 0.536. The largest absolute Gasteiger partial charge is 0.386 e. The zero-order chi connectivity index (χ0) is 22.1. The number of hydrogen-bond donors (Lipinski definition) is 3. The third-order valence-corrected chi connectivity index (χ3v) is 6.21. The fraction of sp³-hybridized carbons (Fsp3) is 0.333. The van der Waals surface area contributed by atoms with E-state index in [9.17, 15) is 4.79 Å². The van der Waals surface area contributed by atoms with Gasteiger partial charge in [-0.1, -0.05) is 23.7 Å². The van der Waals surface area contributed by atoms with Crippen LogP contribution < -0.4 is 15.5 Å². The van der Waals surface area contributed by atoms with Gasteiger partial charge in [0.25, 0.3) is 5.91 Å². The summed E-state index contributed by atoms with van der Waals surface area (Å²) in [6, 6.07) is 12.1. The van der Waals surface area contributed by atoms with Gasteiger partial charge in [-0.25, -0.2) is 4.98 Å². The average molecular weight is 452 g/mol. The number of aromatic nitrogens is 2. The van der Waals surface area contributed by atoms with Crippen molar-refractivity contribution in [1.29, 1.82) is 0 Å². The number of amides is 1. The van der Waals surface area contributed by atoms with Crippen molar-refractivity contribution in [3.8, 4) is 0 Å². The first-order valence-electron chi connectivity index (χ1n) is 10.9. The summed E-state index contributed by atoms with van der Waals surface area (Å²) in [4.78, 5) is 23.1. The number of nitrogens with zero attached hydrogens (tertiary/aromatic N) is 2. The lowest BCUT2D eigenvalue weighted by atomic mass is 10.1. The van der Waals surface area contributed by atoms with Crippen molar-refractivity contribution in [1.82, 2.24) is 20.6 Å². The number of benzene rings is 2. The van der Waals surface area contributed by atoms with Gasteiger partial charge in [0, 0.05) is 36.0 Å². The predicted molar refractivity (Wildman–Crippen MR) is 127 cm³/mol. The van der Waals surface area contributed by atoms with Gasteiger partial charge in [-0.15, -0.1) is 0 Å². The van der Waals surface area contributed by atoms with Crippen LogP contribution >= 0.6 is 11.6 Å². The number of H-pyrrole nitrogens is 1. The first-order valence-corrected chi connectivity index (χ1v) is 11.3. The summed E-state index contributed by atoms with van der Waals surface area (Å²) in [6.45, 7) is 6.46. The number of nitrogens with one attached hydrogen (secondary N) is 3. The number of hydrogen-bond acceptors (Lipinski definition) is 5. The molecule has 1 amide bonds. The fourth-order valence-electron chi connectivity index (χ4n) is 4.33. The molecule has 0 unspecified atom stereocenters. The van der Waals surface area contributed by atoms with Gasteiger partial charge in [0.15, 0.2) is 0 Å². The Labute approximate surface area is 191 Å². The second-order valence-electron chi connectivity index (χ2n) is 8.19. The minimum atomic E-state index is -0.111. The molecule has 0 aliphatic carbocycles. The molecule has 0 bridgehead atoms. The summed E-state index contributed by atoms with van der Waals surface area (Å²) < 4.78 is 5.47. The minimum Gasteiger partial charge on any atom is -0.386 e. The van der Waals surface area contributed by atoms with E-state index in [0.717, 1.165) is 71.3 Å². The van der Waals surface area contributed by atoms with Gasteiger partial charge in [0.05, 0.1) is 30.8 Å². The Bertz CT molecular complexity index is 1200. The summed E-state index contributed by atoms with van der Waals surface area (Å²) in [5.74, 6) is 0.489. The lowest BCUT2D eigenvalue weighted by Crippen LogP contribution is -2.36. The second-order valence-corrected chi connectivity index (χ2v) is 8.62. The van der Waals surface area contributed by atoms with E-state index in [1.54, 1.807) is 0 Å². The van der Waals surface area contributed by atoms with E-state index < -0.39 is 0 Å². The van der Waals surface area contributed by atoms with E-state index in [-0.39, 0.29) is 5.91 Å². The van der Waals surface area contributed by atoms with E-state index in [2.05, 4.69) is 45.6 Å². The molecule has 5 rings (SSSR count). The number of aromatic amines is 1. The molecule has 3 aromatic rings. The highest BCUT2D eigenvalue weighted by atomic mass is 35.5. The van der Waals surface area contributed by atoms with E-state index in [0.29, 0.717) is 24.5 Å². The van der Waals surface area contributed by atoms with Crippen LogP contribution in [-0.2, 0) is 16.0 Å². The standard InChI is InChI=1S/C24H26ClN5O2/c1-15-11-18(30-7-9-32-10-8-30)13-19-22(15)29-23(28-19)21-20(14-27-24(21)31)26-6-5-16-3-2-4-17(25)12-16/h2-4,11-13,26H,5-10,14H2,1H3,(H,27,31)(H,28,29). The molecule has 3 N–H and O–H groups in total. The topological polar surface area (TPSA) is 82.3 Å². The Hall–Kier alpha value is -3.03. The molecule has 2 aliphatic heterocycles. The van der Waals surface area contributed by atoms with Crippen molar-refractivity contribution in [2.24, 2.45) is 0 Å². The molecule has 2 aliphatic rings. The van der Waals surface area contributed by atoms with Gasteiger partial charge in [0.2, 0.25) is 0 Å². The molecule has 0 radical (unpaired) electrons. The van der Waals surface area contributed by atoms with Crippen LogP contribution in [0.25, 0.3) is 16.6 Å². The molecule has 1 aromatic heterocycles. The van der Waals surface area contributed by atoms with E-state index in [1.165, 1.54) is 0 Å². The summed E-state index contributed by atoms with van der Waals surface area (Å²) >= 11 is 6.08. The number of morpholine rings is 1.